The molecule has 3 rings (SSSR count). The Morgan fingerprint density at radius 2 is 1.93 bits per heavy atom. The molecule has 1 heterocycles. The van der Waals surface area contributed by atoms with Gasteiger partial charge in [-0.2, -0.15) is 0 Å². The molecular formula is C20H19ClN2O2S2. The minimum absolute atomic E-state index is 0.0117. The second kappa shape index (κ2) is 9.78. The van der Waals surface area contributed by atoms with Gasteiger partial charge in [0.15, 0.2) is 5.13 Å². The number of thiazole rings is 1. The Balaban J connectivity index is 1.42. The van der Waals surface area contributed by atoms with Crippen molar-refractivity contribution >= 4 is 45.7 Å². The summed E-state index contributed by atoms with van der Waals surface area (Å²) < 4.78 is 5.14. The Bertz CT molecular complexity index is 880. The lowest BCUT2D eigenvalue weighted by molar-refractivity contribution is -0.116. The summed E-state index contributed by atoms with van der Waals surface area (Å²) in [4.78, 5) is 17.7. The number of hydrogen-bond acceptors (Lipinski definition) is 5. The van der Waals surface area contributed by atoms with Gasteiger partial charge in [0.1, 0.15) is 5.75 Å². The number of thioether (sulfide) groups is 1. The van der Waals surface area contributed by atoms with Crippen LogP contribution in [-0.4, -0.2) is 23.8 Å². The third-order valence-corrected chi connectivity index (χ3v) is 5.87. The second-order valence-electron chi connectivity index (χ2n) is 5.72. The standard InChI is InChI=1S/C20H19ClN2O2S2/c1-25-16-8-10-17(11-9-16)26-12-2-3-19(24)23-20-22-18(13-27-20)14-4-6-15(21)7-5-14/h4-11,13H,2-3,12H2,1H3,(H,22,23,24). The molecule has 0 spiro atoms. The Morgan fingerprint density at radius 3 is 2.63 bits per heavy atom. The third kappa shape index (κ3) is 5.99. The highest BCUT2D eigenvalue weighted by molar-refractivity contribution is 7.99. The molecule has 0 radical (unpaired) electrons. The van der Waals surface area contributed by atoms with Crippen LogP contribution in [-0.2, 0) is 4.79 Å². The highest BCUT2D eigenvalue weighted by Gasteiger charge is 2.08. The summed E-state index contributed by atoms with van der Waals surface area (Å²) in [6.45, 7) is 0. The number of aromatic nitrogens is 1. The minimum Gasteiger partial charge on any atom is -0.497 e. The predicted octanol–water partition coefficient (Wildman–Crippen LogP) is 5.98. The molecular weight excluding hydrogens is 400 g/mol. The Morgan fingerprint density at radius 1 is 1.19 bits per heavy atom. The van der Waals surface area contributed by atoms with Gasteiger partial charge in [-0.1, -0.05) is 23.7 Å². The predicted molar refractivity (Wildman–Crippen MR) is 114 cm³/mol. The largest absolute Gasteiger partial charge is 0.497 e. The number of carbonyl (C=O) groups excluding carboxylic acids is 1. The van der Waals surface area contributed by atoms with Crippen molar-refractivity contribution in [2.75, 3.05) is 18.2 Å². The molecule has 0 aliphatic carbocycles. The molecule has 0 aliphatic rings. The number of anilines is 1. The first-order valence-electron chi connectivity index (χ1n) is 8.42. The van der Waals surface area contributed by atoms with Crippen molar-refractivity contribution in [3.05, 3.63) is 58.9 Å². The van der Waals surface area contributed by atoms with Crippen LogP contribution in [0.15, 0.2) is 58.8 Å². The lowest BCUT2D eigenvalue weighted by Crippen LogP contribution is -2.11. The Labute approximate surface area is 171 Å². The number of nitrogens with one attached hydrogen (secondary N) is 1. The molecule has 1 amide bonds. The van der Waals surface area contributed by atoms with E-state index in [-0.39, 0.29) is 5.91 Å². The van der Waals surface area contributed by atoms with E-state index in [0.29, 0.717) is 16.6 Å². The van der Waals surface area contributed by atoms with Gasteiger partial charge < -0.3 is 10.1 Å². The van der Waals surface area contributed by atoms with Crippen LogP contribution < -0.4 is 10.1 Å². The maximum absolute atomic E-state index is 12.1. The summed E-state index contributed by atoms with van der Waals surface area (Å²) in [5.41, 5.74) is 1.81. The summed E-state index contributed by atoms with van der Waals surface area (Å²) >= 11 is 9.06. The van der Waals surface area contributed by atoms with Crippen molar-refractivity contribution in [3.63, 3.8) is 0 Å². The van der Waals surface area contributed by atoms with Gasteiger partial charge in [0.25, 0.3) is 0 Å². The Hall–Kier alpha value is -2.02. The summed E-state index contributed by atoms with van der Waals surface area (Å²) in [5, 5.41) is 6.11. The summed E-state index contributed by atoms with van der Waals surface area (Å²) in [6, 6.07) is 15.4. The SMILES string of the molecule is COc1ccc(SCCCC(=O)Nc2nc(-c3ccc(Cl)cc3)cs2)cc1. The molecule has 0 bridgehead atoms. The third-order valence-electron chi connectivity index (χ3n) is 3.77. The van der Waals surface area contributed by atoms with Gasteiger partial charge in [-0.05, 0) is 48.6 Å². The first-order chi connectivity index (χ1) is 13.1. The molecule has 0 saturated carbocycles. The van der Waals surface area contributed by atoms with Gasteiger partial charge >= 0.3 is 0 Å². The minimum atomic E-state index is -0.0117. The number of rotatable bonds is 8. The van der Waals surface area contributed by atoms with Gasteiger partial charge in [0, 0.05) is 27.3 Å². The van der Waals surface area contributed by atoms with Crippen LogP contribution in [0.2, 0.25) is 5.02 Å². The van der Waals surface area contributed by atoms with E-state index in [1.807, 2.05) is 53.9 Å². The van der Waals surface area contributed by atoms with E-state index in [2.05, 4.69) is 10.3 Å². The van der Waals surface area contributed by atoms with Crippen LogP contribution >= 0.6 is 34.7 Å². The van der Waals surface area contributed by atoms with E-state index >= 15 is 0 Å². The maximum Gasteiger partial charge on any atom is 0.226 e. The van der Waals surface area contributed by atoms with Gasteiger partial charge in [0.2, 0.25) is 5.91 Å². The number of nitrogens with zero attached hydrogens (tertiary/aromatic N) is 1. The smallest absolute Gasteiger partial charge is 0.226 e. The highest BCUT2D eigenvalue weighted by Crippen LogP contribution is 2.26. The van der Waals surface area contributed by atoms with Crippen LogP contribution in [0.1, 0.15) is 12.8 Å². The number of benzene rings is 2. The topological polar surface area (TPSA) is 51.2 Å². The molecule has 140 valence electrons. The normalized spacial score (nSPS) is 10.6. The molecule has 0 atom stereocenters. The van der Waals surface area contributed by atoms with Crippen molar-refractivity contribution < 1.29 is 9.53 Å². The van der Waals surface area contributed by atoms with Crippen LogP contribution in [0.25, 0.3) is 11.3 Å². The zero-order valence-corrected chi connectivity index (χ0v) is 17.2. The summed E-state index contributed by atoms with van der Waals surface area (Å²) in [7, 11) is 1.65. The lowest BCUT2D eigenvalue weighted by Gasteiger charge is -2.04. The fourth-order valence-corrected chi connectivity index (χ4v) is 4.08. The first-order valence-corrected chi connectivity index (χ1v) is 10.7. The highest BCUT2D eigenvalue weighted by atomic mass is 35.5. The molecule has 2 aromatic carbocycles. The van der Waals surface area contributed by atoms with Crippen molar-refractivity contribution in [1.82, 2.24) is 4.98 Å². The fraction of sp³-hybridized carbons (Fsp3) is 0.200. The molecule has 0 unspecified atom stereocenters. The van der Waals surface area contributed by atoms with Gasteiger partial charge in [-0.25, -0.2) is 4.98 Å². The zero-order chi connectivity index (χ0) is 19.1. The average molecular weight is 419 g/mol. The van der Waals surface area contributed by atoms with E-state index in [9.17, 15) is 4.79 Å². The average Bonchev–Trinajstić information content (AvgIpc) is 3.14. The number of methoxy groups -OCH3 is 1. The summed E-state index contributed by atoms with van der Waals surface area (Å²) in [6.07, 6.45) is 1.27. The number of hydrogen-bond donors (Lipinski definition) is 1. The van der Waals surface area contributed by atoms with E-state index < -0.39 is 0 Å². The van der Waals surface area contributed by atoms with Crippen molar-refractivity contribution in [1.29, 1.82) is 0 Å². The number of halogens is 1. The lowest BCUT2D eigenvalue weighted by atomic mass is 10.2. The van der Waals surface area contributed by atoms with Gasteiger partial charge in [0.05, 0.1) is 12.8 Å². The number of carbonyl (C=O) groups is 1. The van der Waals surface area contributed by atoms with Crippen LogP contribution in [0.5, 0.6) is 5.75 Å². The van der Waals surface area contributed by atoms with Crippen molar-refractivity contribution in [3.8, 4) is 17.0 Å². The van der Waals surface area contributed by atoms with Crippen LogP contribution in [0, 0.1) is 0 Å². The van der Waals surface area contributed by atoms with Crippen molar-refractivity contribution in [2.45, 2.75) is 17.7 Å². The van der Waals surface area contributed by atoms with E-state index in [1.54, 1.807) is 18.9 Å². The fourth-order valence-electron chi connectivity index (χ4n) is 2.36. The summed E-state index contributed by atoms with van der Waals surface area (Å²) in [5.74, 6) is 1.72. The van der Waals surface area contributed by atoms with Gasteiger partial charge in [-0.15, -0.1) is 23.1 Å². The molecule has 7 heteroatoms. The van der Waals surface area contributed by atoms with Gasteiger partial charge in [-0.3, -0.25) is 4.79 Å². The first kappa shape index (κ1) is 19.7. The molecule has 1 aromatic heterocycles. The van der Waals surface area contributed by atoms with Crippen LogP contribution in [0.4, 0.5) is 5.13 Å². The molecule has 4 nitrogen and oxygen atoms in total. The zero-order valence-electron chi connectivity index (χ0n) is 14.8. The molecule has 0 fully saturated rings. The number of amides is 1. The van der Waals surface area contributed by atoms with Crippen LogP contribution in [0.3, 0.4) is 0 Å². The molecule has 1 N–H and O–H groups in total. The quantitative estimate of drug-likeness (QED) is 0.361. The Kier molecular flexibility index (Phi) is 7.15. The maximum atomic E-state index is 12.1. The molecule has 27 heavy (non-hydrogen) atoms. The van der Waals surface area contributed by atoms with E-state index in [1.165, 1.54) is 16.2 Å². The monoisotopic (exact) mass is 418 g/mol. The van der Waals surface area contributed by atoms with Crippen molar-refractivity contribution in [2.24, 2.45) is 0 Å². The molecule has 3 aromatic rings. The number of ether oxygens (including phenoxy) is 1. The van der Waals surface area contributed by atoms with E-state index in [0.717, 1.165) is 29.2 Å². The van der Waals surface area contributed by atoms with E-state index in [4.69, 9.17) is 16.3 Å². The molecule has 0 saturated heterocycles. The molecule has 0 aliphatic heterocycles. The second-order valence-corrected chi connectivity index (χ2v) is 8.18.